The molecule has 0 aliphatic carbocycles. The predicted molar refractivity (Wildman–Crippen MR) is 57.4 cm³/mol. The van der Waals surface area contributed by atoms with Crippen molar-refractivity contribution < 1.29 is 20.4 Å². The van der Waals surface area contributed by atoms with E-state index in [4.69, 9.17) is 5.11 Å². The van der Waals surface area contributed by atoms with E-state index in [1.54, 1.807) is 0 Å². The number of hydrogen-bond donors (Lipinski definition) is 4. The molecule has 4 N–H and O–H groups in total. The molecular weight excluding hydrogens is 208 g/mol. The molecule has 2 rings (SSSR count). The van der Waals surface area contributed by atoms with Gasteiger partial charge in [-0.05, 0) is 29.8 Å². The second kappa shape index (κ2) is 3.66. The quantitative estimate of drug-likeness (QED) is 0.435. The van der Waals surface area contributed by atoms with Crippen LogP contribution in [0.1, 0.15) is 0 Å². The molecule has 0 spiro atoms. The predicted octanol–water partition coefficient (Wildman–Crippen LogP) is 1.98. The molecule has 0 saturated carbocycles. The highest BCUT2D eigenvalue weighted by atomic mass is 16.3. The molecule has 16 heavy (non-hydrogen) atoms. The van der Waals surface area contributed by atoms with Gasteiger partial charge < -0.3 is 20.4 Å². The lowest BCUT2D eigenvalue weighted by molar-refractivity contribution is 0.404. The fourth-order valence-corrected chi connectivity index (χ4v) is 1.39. The van der Waals surface area contributed by atoms with Crippen LogP contribution in [-0.2, 0) is 0 Å². The summed E-state index contributed by atoms with van der Waals surface area (Å²) in [5.41, 5.74) is 0.837. The monoisotopic (exact) mass is 217 g/mol. The Hall–Kier alpha value is -2.36. The lowest BCUT2D eigenvalue weighted by Crippen LogP contribution is -1.80. The lowest BCUT2D eigenvalue weighted by atomic mass is 10.0. The molecule has 2 aromatic carbocycles. The van der Waals surface area contributed by atoms with Gasteiger partial charge in [0.15, 0.2) is 11.5 Å². The summed E-state index contributed by atoms with van der Waals surface area (Å²) in [5, 5.41) is 37.3. The van der Waals surface area contributed by atoms with Crippen LogP contribution in [0.25, 0.3) is 11.1 Å². The molecule has 0 heterocycles. The average Bonchev–Trinajstić information content (AvgIpc) is 2.26. The Balaban J connectivity index is 2.58. The summed E-state index contributed by atoms with van der Waals surface area (Å²) < 4.78 is 0. The van der Waals surface area contributed by atoms with E-state index in [1.165, 1.54) is 30.3 Å². The van der Waals surface area contributed by atoms with Crippen LogP contribution in [0.2, 0.25) is 0 Å². The first-order valence-corrected chi connectivity index (χ1v) is 4.54. The van der Waals surface area contributed by atoms with E-state index in [1.807, 2.05) is 0 Å². The first-order chi connectivity index (χ1) is 7.58. The first-order valence-electron chi connectivity index (χ1n) is 4.54. The van der Waals surface area contributed by atoms with Gasteiger partial charge in [0.05, 0.1) is 0 Å². The van der Waals surface area contributed by atoms with E-state index in [0.717, 1.165) is 0 Å². The number of benzene rings is 2. The van der Waals surface area contributed by atoms with E-state index in [-0.39, 0.29) is 23.0 Å². The highest BCUT2D eigenvalue weighted by Crippen LogP contribution is 2.36. The van der Waals surface area contributed by atoms with Crippen molar-refractivity contribution >= 4 is 0 Å². The second-order valence-corrected chi connectivity index (χ2v) is 3.32. The van der Waals surface area contributed by atoms with Crippen molar-refractivity contribution in [1.82, 2.24) is 0 Å². The minimum Gasteiger partial charge on any atom is -0.507 e. The number of phenols is 4. The van der Waals surface area contributed by atoms with Crippen LogP contribution < -0.4 is 0 Å². The van der Waals surface area contributed by atoms with Gasteiger partial charge in [0.2, 0.25) is 0 Å². The Bertz CT molecular complexity index is 535. The van der Waals surface area contributed by atoms with Crippen molar-refractivity contribution in [2.45, 2.75) is 0 Å². The molecule has 0 saturated heterocycles. The van der Waals surface area contributed by atoms with E-state index in [2.05, 4.69) is 6.07 Å². The Labute approximate surface area is 91.7 Å². The smallest absolute Gasteiger partial charge is 0.158 e. The molecule has 0 unspecified atom stereocenters. The summed E-state index contributed by atoms with van der Waals surface area (Å²) in [4.78, 5) is 0. The maximum atomic E-state index is 9.56. The summed E-state index contributed by atoms with van der Waals surface area (Å²) in [7, 11) is 0. The van der Waals surface area contributed by atoms with Crippen molar-refractivity contribution in [3.63, 3.8) is 0 Å². The van der Waals surface area contributed by atoms with Crippen LogP contribution in [0.5, 0.6) is 23.0 Å². The van der Waals surface area contributed by atoms with Crippen LogP contribution >= 0.6 is 0 Å². The summed E-state index contributed by atoms with van der Waals surface area (Å²) in [6.07, 6.45) is 0. The number of hydrogen-bond acceptors (Lipinski definition) is 4. The van der Waals surface area contributed by atoms with Gasteiger partial charge in [-0.15, -0.1) is 0 Å². The largest absolute Gasteiger partial charge is 0.507 e. The second-order valence-electron chi connectivity index (χ2n) is 3.32. The Morgan fingerprint density at radius 3 is 2.25 bits per heavy atom. The molecule has 0 atom stereocenters. The molecule has 0 bridgehead atoms. The normalized spacial score (nSPS) is 10.2. The molecule has 4 heteroatoms. The van der Waals surface area contributed by atoms with Crippen LogP contribution in [0.4, 0.5) is 0 Å². The summed E-state index contributed by atoms with van der Waals surface area (Å²) >= 11 is 0. The van der Waals surface area contributed by atoms with Crippen molar-refractivity contribution in [2.24, 2.45) is 0 Å². The van der Waals surface area contributed by atoms with Gasteiger partial charge in [-0.2, -0.15) is 0 Å². The zero-order valence-electron chi connectivity index (χ0n) is 8.18. The molecule has 4 nitrogen and oxygen atoms in total. The Morgan fingerprint density at radius 1 is 0.812 bits per heavy atom. The zero-order chi connectivity index (χ0) is 11.7. The zero-order valence-corrected chi connectivity index (χ0v) is 8.18. The van der Waals surface area contributed by atoms with E-state index < -0.39 is 0 Å². The van der Waals surface area contributed by atoms with E-state index >= 15 is 0 Å². The van der Waals surface area contributed by atoms with E-state index in [9.17, 15) is 15.3 Å². The fraction of sp³-hybridized carbons (Fsp3) is 0. The standard InChI is InChI=1S/C12H9O4/c13-8-2-4-10(14)9(6-8)7-1-3-11(15)12(16)5-7/h1,3-6,13-16H. The van der Waals surface area contributed by atoms with Crippen LogP contribution in [0, 0.1) is 6.07 Å². The fourth-order valence-electron chi connectivity index (χ4n) is 1.39. The highest BCUT2D eigenvalue weighted by molar-refractivity contribution is 5.73. The Kier molecular flexibility index (Phi) is 2.32. The lowest BCUT2D eigenvalue weighted by Gasteiger charge is -2.06. The molecule has 0 fully saturated rings. The van der Waals surface area contributed by atoms with Gasteiger partial charge in [0, 0.05) is 11.6 Å². The third kappa shape index (κ3) is 1.72. The summed E-state index contributed by atoms with van der Waals surface area (Å²) in [5.74, 6) is -0.706. The van der Waals surface area contributed by atoms with Gasteiger partial charge in [-0.1, -0.05) is 6.07 Å². The van der Waals surface area contributed by atoms with Crippen LogP contribution in [0.15, 0.2) is 30.3 Å². The first kappa shape index (κ1) is 10.2. The average molecular weight is 217 g/mol. The number of phenolic OH excluding ortho intramolecular Hbond substituents is 4. The molecule has 2 aromatic rings. The maximum absolute atomic E-state index is 9.56. The molecule has 0 aliphatic rings. The Morgan fingerprint density at radius 2 is 1.56 bits per heavy atom. The number of rotatable bonds is 1. The minimum atomic E-state index is -0.288. The van der Waals surface area contributed by atoms with E-state index in [0.29, 0.717) is 11.1 Å². The van der Waals surface area contributed by atoms with Crippen molar-refractivity contribution in [3.8, 4) is 34.1 Å². The molecule has 0 aliphatic heterocycles. The molecule has 0 amide bonds. The van der Waals surface area contributed by atoms with Crippen molar-refractivity contribution in [1.29, 1.82) is 0 Å². The third-order valence-corrected chi connectivity index (χ3v) is 2.20. The van der Waals surface area contributed by atoms with Crippen molar-refractivity contribution in [3.05, 3.63) is 36.4 Å². The molecule has 1 radical (unpaired) electrons. The van der Waals surface area contributed by atoms with Crippen LogP contribution in [-0.4, -0.2) is 20.4 Å². The van der Waals surface area contributed by atoms with Gasteiger partial charge in [-0.25, -0.2) is 0 Å². The van der Waals surface area contributed by atoms with Crippen LogP contribution in [0.3, 0.4) is 0 Å². The molecular formula is C12H9O4. The van der Waals surface area contributed by atoms with Gasteiger partial charge in [0.1, 0.15) is 11.5 Å². The maximum Gasteiger partial charge on any atom is 0.158 e. The SMILES string of the molecule is Oc1[c]cc(O)c(-c2ccc(O)c(O)c2)c1. The summed E-state index contributed by atoms with van der Waals surface area (Å²) in [6.45, 7) is 0. The van der Waals surface area contributed by atoms with Gasteiger partial charge in [0.25, 0.3) is 0 Å². The van der Waals surface area contributed by atoms with Crippen molar-refractivity contribution in [2.75, 3.05) is 0 Å². The topological polar surface area (TPSA) is 80.9 Å². The summed E-state index contributed by atoms with van der Waals surface area (Å²) in [6, 6.07) is 9.10. The van der Waals surface area contributed by atoms with Gasteiger partial charge >= 0.3 is 0 Å². The molecule has 0 aromatic heterocycles. The number of aromatic hydroxyl groups is 4. The minimum absolute atomic E-state index is 0.0668. The van der Waals surface area contributed by atoms with Gasteiger partial charge in [-0.3, -0.25) is 0 Å². The highest BCUT2D eigenvalue weighted by Gasteiger charge is 2.08. The third-order valence-electron chi connectivity index (χ3n) is 2.20. The molecule has 81 valence electrons.